The zero-order valence-corrected chi connectivity index (χ0v) is 15.2. The Balaban J connectivity index is 0.00000176. The minimum atomic E-state index is -0.539. The van der Waals surface area contributed by atoms with Crippen molar-refractivity contribution in [3.8, 4) is 0 Å². The predicted molar refractivity (Wildman–Crippen MR) is 82.9 cm³/mol. The van der Waals surface area contributed by atoms with Gasteiger partial charge in [-0.3, -0.25) is 4.98 Å². The molecule has 1 radical (unpaired) electrons. The quantitative estimate of drug-likeness (QED) is 0.523. The van der Waals surface area contributed by atoms with Crippen LogP contribution in [-0.4, -0.2) is 9.55 Å². The molecule has 0 atom stereocenters. The van der Waals surface area contributed by atoms with Gasteiger partial charge in [0, 0.05) is 31.2 Å². The second-order valence-electron chi connectivity index (χ2n) is 5.84. The fourth-order valence-electron chi connectivity index (χ4n) is 2.77. The largest absolute Gasteiger partial charge is 0.466 e. The summed E-state index contributed by atoms with van der Waals surface area (Å²) in [6.45, 7) is 3.68. The van der Waals surface area contributed by atoms with Crippen molar-refractivity contribution in [1.82, 2.24) is 9.55 Å². The topological polar surface area (TPSA) is 17.8 Å². The molecule has 2 heterocycles. The van der Waals surface area contributed by atoms with Gasteiger partial charge in [0.15, 0.2) is 0 Å². The first kappa shape index (κ1) is 16.9. The van der Waals surface area contributed by atoms with Crippen LogP contribution in [0, 0.1) is 6.20 Å². The minimum absolute atomic E-state index is 0. The molecule has 0 spiro atoms. The normalized spacial score (nSPS) is 11.5. The molecule has 2 aromatic heterocycles. The number of benzene rings is 1. The van der Waals surface area contributed by atoms with E-state index in [1.54, 1.807) is 6.07 Å². The molecule has 0 fully saturated rings. The van der Waals surface area contributed by atoms with Gasteiger partial charge in [-0.15, -0.1) is 29.4 Å². The van der Waals surface area contributed by atoms with E-state index in [9.17, 15) is 4.39 Å². The molecule has 0 saturated heterocycles. The summed E-state index contributed by atoms with van der Waals surface area (Å²) in [5, 5.41) is 1.16. The van der Waals surface area contributed by atoms with Crippen molar-refractivity contribution in [3.63, 3.8) is 0 Å². The van der Waals surface area contributed by atoms with Gasteiger partial charge < -0.3 is 4.57 Å². The summed E-state index contributed by atoms with van der Waals surface area (Å²) >= 11 is 0. The van der Waals surface area contributed by atoms with E-state index in [1.165, 1.54) is 0 Å². The molecule has 0 amide bonds. The molecule has 0 N–H and O–H groups in total. The Hall–Kier alpha value is -1.51. The Morgan fingerprint density at radius 2 is 1.86 bits per heavy atom. The maximum atomic E-state index is 12.9. The van der Waals surface area contributed by atoms with Crippen molar-refractivity contribution in [3.05, 3.63) is 65.6 Å². The number of hydrogen-bond acceptors (Lipinski definition) is 1. The van der Waals surface area contributed by atoms with Gasteiger partial charge in [0.05, 0.1) is 5.69 Å². The smallest absolute Gasteiger partial charge is 0.131 e. The zero-order chi connectivity index (χ0) is 15.0. The van der Waals surface area contributed by atoms with Gasteiger partial charge in [-0.1, -0.05) is 32.0 Å². The number of fused-ring (bicyclic) bond motifs is 1. The van der Waals surface area contributed by atoms with E-state index in [2.05, 4.69) is 37.2 Å². The number of para-hydroxylation sites is 1. The van der Waals surface area contributed by atoms with Crippen LogP contribution in [-0.2, 0) is 39.2 Å². The SMILES string of the molecule is Cn1[c-]c(C(C)(C)c2cccc(CF)n2)c2ccccc21.[Ir]. The average Bonchev–Trinajstić information content (AvgIpc) is 2.86. The summed E-state index contributed by atoms with van der Waals surface area (Å²) in [6, 6.07) is 13.8. The van der Waals surface area contributed by atoms with Crippen LogP contribution < -0.4 is 0 Å². The first-order chi connectivity index (χ1) is 10.0. The van der Waals surface area contributed by atoms with E-state index >= 15 is 0 Å². The summed E-state index contributed by atoms with van der Waals surface area (Å²) in [6.07, 6.45) is 3.41. The summed E-state index contributed by atoms with van der Waals surface area (Å²) in [4.78, 5) is 4.45. The van der Waals surface area contributed by atoms with Gasteiger partial charge in [-0.05, 0) is 19.2 Å². The second-order valence-corrected chi connectivity index (χ2v) is 5.84. The molecule has 2 nitrogen and oxygen atoms in total. The number of aryl methyl sites for hydroxylation is 1. The summed E-state index contributed by atoms with van der Waals surface area (Å²) < 4.78 is 14.9. The molecule has 0 saturated carbocycles. The van der Waals surface area contributed by atoms with Gasteiger partial charge in [0.2, 0.25) is 0 Å². The van der Waals surface area contributed by atoms with Crippen molar-refractivity contribution in [2.75, 3.05) is 0 Å². The third kappa shape index (κ3) is 2.73. The molecule has 0 aliphatic heterocycles. The molecule has 1 aromatic carbocycles. The Kier molecular flexibility index (Phi) is 4.84. The molecular weight excluding hydrogens is 455 g/mol. The van der Waals surface area contributed by atoms with Gasteiger partial charge >= 0.3 is 0 Å². The van der Waals surface area contributed by atoms with Crippen LogP contribution >= 0.6 is 0 Å². The van der Waals surface area contributed by atoms with Gasteiger partial charge in [0.1, 0.15) is 6.67 Å². The van der Waals surface area contributed by atoms with E-state index in [4.69, 9.17) is 0 Å². The molecule has 3 rings (SSSR count). The maximum Gasteiger partial charge on any atom is 0.131 e. The number of pyridine rings is 1. The summed E-state index contributed by atoms with van der Waals surface area (Å²) in [7, 11) is 1.99. The Morgan fingerprint density at radius 3 is 2.59 bits per heavy atom. The van der Waals surface area contributed by atoms with Crippen molar-refractivity contribution in [1.29, 1.82) is 0 Å². The Morgan fingerprint density at radius 1 is 1.14 bits per heavy atom. The van der Waals surface area contributed by atoms with Crippen molar-refractivity contribution < 1.29 is 24.5 Å². The summed E-state index contributed by atoms with van der Waals surface area (Å²) in [5.74, 6) is 0. The molecule has 117 valence electrons. The molecule has 0 aliphatic carbocycles. The molecule has 0 bridgehead atoms. The summed E-state index contributed by atoms with van der Waals surface area (Å²) in [5.41, 5.74) is 3.24. The number of nitrogens with zero attached hydrogens (tertiary/aromatic N) is 2. The van der Waals surface area contributed by atoms with Crippen LogP contribution in [0.1, 0.15) is 30.8 Å². The van der Waals surface area contributed by atoms with E-state index < -0.39 is 6.67 Å². The third-order valence-corrected chi connectivity index (χ3v) is 4.02. The van der Waals surface area contributed by atoms with Crippen LogP contribution in [0.4, 0.5) is 4.39 Å². The van der Waals surface area contributed by atoms with E-state index in [0.29, 0.717) is 5.69 Å². The molecular formula is C18H18FIrN2-. The second kappa shape index (κ2) is 6.31. The van der Waals surface area contributed by atoms with Crippen molar-refractivity contribution >= 4 is 10.9 Å². The van der Waals surface area contributed by atoms with Crippen LogP contribution in [0.25, 0.3) is 10.9 Å². The van der Waals surface area contributed by atoms with Crippen LogP contribution in [0.15, 0.2) is 42.5 Å². The monoisotopic (exact) mass is 474 g/mol. The van der Waals surface area contributed by atoms with Gasteiger partial charge in [0.25, 0.3) is 0 Å². The zero-order valence-electron chi connectivity index (χ0n) is 12.9. The van der Waals surface area contributed by atoms with Gasteiger partial charge in [-0.25, -0.2) is 4.39 Å². The number of halogens is 1. The molecule has 4 heteroatoms. The Labute approximate surface area is 143 Å². The van der Waals surface area contributed by atoms with Crippen LogP contribution in [0.2, 0.25) is 0 Å². The number of aromatic nitrogens is 2. The minimum Gasteiger partial charge on any atom is -0.466 e. The first-order valence-corrected chi connectivity index (χ1v) is 7.03. The molecule has 3 aromatic rings. The van der Waals surface area contributed by atoms with Gasteiger partial charge in [-0.2, -0.15) is 5.39 Å². The first-order valence-electron chi connectivity index (χ1n) is 7.03. The Bertz CT molecular complexity index is 793. The third-order valence-electron chi connectivity index (χ3n) is 4.02. The van der Waals surface area contributed by atoms with Crippen LogP contribution in [0.5, 0.6) is 0 Å². The molecule has 22 heavy (non-hydrogen) atoms. The van der Waals surface area contributed by atoms with E-state index in [1.807, 2.05) is 35.9 Å². The van der Waals surface area contributed by atoms with E-state index in [0.717, 1.165) is 22.2 Å². The number of alkyl halides is 1. The van der Waals surface area contributed by atoms with Crippen molar-refractivity contribution in [2.24, 2.45) is 7.05 Å². The predicted octanol–water partition coefficient (Wildman–Crippen LogP) is 4.17. The standard InChI is InChI=1S/C18H18FN2.Ir/c1-18(2,17-10-6-7-13(11-19)20-17)15-12-21(3)16-9-5-4-8-14(15)16;/h4-10H,11H2,1-3H3;/q-1;. The fraction of sp³-hybridized carbons (Fsp3) is 0.278. The molecule has 0 unspecified atom stereocenters. The number of hydrogen-bond donors (Lipinski definition) is 0. The van der Waals surface area contributed by atoms with Crippen LogP contribution in [0.3, 0.4) is 0 Å². The molecule has 0 aliphatic rings. The average molecular weight is 474 g/mol. The van der Waals surface area contributed by atoms with E-state index in [-0.39, 0.29) is 25.5 Å². The maximum absolute atomic E-state index is 12.9. The number of rotatable bonds is 3. The fourth-order valence-corrected chi connectivity index (χ4v) is 2.77. The van der Waals surface area contributed by atoms with Crippen molar-refractivity contribution in [2.45, 2.75) is 25.9 Å².